The second kappa shape index (κ2) is 7.11. The SMILES string of the molecule is CN1C2CCC1c1c(n(CC(CC(=O)O)c3ccncn3)c3ccc(Cl)cc13)C2. The summed E-state index contributed by atoms with van der Waals surface area (Å²) >= 11 is 6.36. The number of benzene rings is 1. The Morgan fingerprint density at radius 2 is 2.21 bits per heavy atom. The van der Waals surface area contributed by atoms with Crippen LogP contribution in [0.5, 0.6) is 0 Å². The van der Waals surface area contributed by atoms with Gasteiger partial charge in [-0.15, -0.1) is 0 Å². The van der Waals surface area contributed by atoms with Gasteiger partial charge in [0.15, 0.2) is 0 Å². The molecule has 0 saturated carbocycles. The molecule has 1 saturated heterocycles. The molecule has 2 bridgehead atoms. The molecule has 3 aromatic rings. The van der Waals surface area contributed by atoms with Gasteiger partial charge in [0.05, 0.1) is 6.42 Å². The normalized spacial score (nSPS) is 22.0. The van der Waals surface area contributed by atoms with E-state index in [1.54, 1.807) is 6.20 Å². The topological polar surface area (TPSA) is 71.2 Å². The molecule has 6 nitrogen and oxygen atoms in total. The van der Waals surface area contributed by atoms with Crippen LogP contribution in [0.15, 0.2) is 36.8 Å². The molecule has 0 aliphatic carbocycles. The number of halogens is 1. The number of likely N-dealkylation sites (N-methyl/N-ethyl adjacent to an activating group) is 1. The summed E-state index contributed by atoms with van der Waals surface area (Å²) in [6.45, 7) is 0.583. The van der Waals surface area contributed by atoms with E-state index in [9.17, 15) is 9.90 Å². The average molecular weight is 411 g/mol. The molecule has 0 amide bonds. The third kappa shape index (κ3) is 3.11. The predicted octanol–water partition coefficient (Wildman–Crippen LogP) is 4.03. The number of fused-ring (bicyclic) bond motifs is 6. The van der Waals surface area contributed by atoms with Crippen molar-refractivity contribution in [2.45, 2.75) is 50.2 Å². The molecule has 3 atom stereocenters. The fraction of sp³-hybridized carbons (Fsp3) is 0.409. The minimum absolute atomic E-state index is 0.0335. The van der Waals surface area contributed by atoms with Gasteiger partial charge in [-0.1, -0.05) is 11.6 Å². The van der Waals surface area contributed by atoms with Gasteiger partial charge in [-0.2, -0.15) is 0 Å². The predicted molar refractivity (Wildman–Crippen MR) is 111 cm³/mol. The number of carboxylic acids is 1. The maximum Gasteiger partial charge on any atom is 0.304 e. The summed E-state index contributed by atoms with van der Waals surface area (Å²) in [6, 6.07) is 8.83. The summed E-state index contributed by atoms with van der Waals surface area (Å²) in [5.74, 6) is -1.04. The lowest BCUT2D eigenvalue weighted by Gasteiger charge is -2.32. The molecule has 1 N–H and O–H groups in total. The van der Waals surface area contributed by atoms with E-state index in [1.807, 2.05) is 12.1 Å². The van der Waals surface area contributed by atoms with E-state index in [-0.39, 0.29) is 12.3 Å². The number of nitrogens with zero attached hydrogens (tertiary/aromatic N) is 4. The average Bonchev–Trinajstić information content (AvgIpc) is 3.11. The molecule has 0 spiro atoms. The summed E-state index contributed by atoms with van der Waals surface area (Å²) in [5.41, 5.74) is 4.60. The summed E-state index contributed by atoms with van der Waals surface area (Å²) < 4.78 is 2.33. The van der Waals surface area contributed by atoms with E-state index in [4.69, 9.17) is 11.6 Å². The first-order valence-corrected chi connectivity index (χ1v) is 10.4. The third-order valence-corrected chi connectivity index (χ3v) is 6.86. The maximum atomic E-state index is 11.6. The van der Waals surface area contributed by atoms with Crippen molar-refractivity contribution in [3.8, 4) is 0 Å². The molecule has 3 unspecified atom stereocenters. The van der Waals surface area contributed by atoms with Crippen LogP contribution < -0.4 is 0 Å². The Hall–Kier alpha value is -2.44. The zero-order valence-corrected chi connectivity index (χ0v) is 17.0. The highest BCUT2D eigenvalue weighted by atomic mass is 35.5. The lowest BCUT2D eigenvalue weighted by molar-refractivity contribution is -0.137. The molecule has 2 aromatic heterocycles. The number of aliphatic carboxylic acids is 1. The van der Waals surface area contributed by atoms with Crippen LogP contribution in [-0.2, 0) is 17.8 Å². The number of carbonyl (C=O) groups is 1. The molecule has 150 valence electrons. The standard InChI is InChI=1S/C22H23ClN4O2/c1-26-15-3-5-19(26)22-16-9-14(23)2-4-18(16)27(20(22)10-15)11-13(8-21(28)29)17-6-7-24-12-25-17/h2,4,6-7,9,12-13,15,19H,3,5,8,10-11H2,1H3,(H,28,29). The van der Waals surface area contributed by atoms with Crippen LogP contribution >= 0.6 is 11.6 Å². The summed E-state index contributed by atoms with van der Waals surface area (Å²) in [7, 11) is 2.22. The molecule has 5 rings (SSSR count). The second-order valence-corrected chi connectivity index (χ2v) is 8.61. The minimum atomic E-state index is -0.818. The van der Waals surface area contributed by atoms with Gasteiger partial charge in [0, 0.05) is 64.5 Å². The van der Waals surface area contributed by atoms with Crippen molar-refractivity contribution in [3.05, 3.63) is 58.8 Å². The zero-order valence-electron chi connectivity index (χ0n) is 16.3. The summed E-state index contributed by atoms with van der Waals surface area (Å²) in [6.07, 6.45) is 6.54. The Morgan fingerprint density at radius 3 is 2.97 bits per heavy atom. The van der Waals surface area contributed by atoms with Crippen molar-refractivity contribution < 1.29 is 9.90 Å². The molecule has 1 fully saturated rings. The van der Waals surface area contributed by atoms with Crippen LogP contribution in [-0.4, -0.2) is 43.6 Å². The molecule has 29 heavy (non-hydrogen) atoms. The van der Waals surface area contributed by atoms with E-state index < -0.39 is 5.97 Å². The highest BCUT2D eigenvalue weighted by molar-refractivity contribution is 6.31. The molecular weight excluding hydrogens is 388 g/mol. The van der Waals surface area contributed by atoms with Gasteiger partial charge in [-0.3, -0.25) is 9.69 Å². The number of hydrogen-bond donors (Lipinski definition) is 1. The second-order valence-electron chi connectivity index (χ2n) is 8.18. The largest absolute Gasteiger partial charge is 0.481 e. The van der Waals surface area contributed by atoms with Crippen molar-refractivity contribution in [3.63, 3.8) is 0 Å². The summed E-state index contributed by atoms with van der Waals surface area (Å²) in [5, 5.41) is 11.4. The fourth-order valence-electron chi connectivity index (χ4n) is 5.27. The zero-order chi connectivity index (χ0) is 20.1. The molecule has 1 aromatic carbocycles. The van der Waals surface area contributed by atoms with Crippen LogP contribution in [0, 0.1) is 0 Å². The molecule has 2 aliphatic rings. The minimum Gasteiger partial charge on any atom is -0.481 e. The van der Waals surface area contributed by atoms with Gasteiger partial charge >= 0.3 is 5.97 Å². The van der Waals surface area contributed by atoms with Gasteiger partial charge in [-0.25, -0.2) is 9.97 Å². The van der Waals surface area contributed by atoms with Crippen LogP contribution in [0.2, 0.25) is 5.02 Å². The lowest BCUT2D eigenvalue weighted by Crippen LogP contribution is -2.35. The number of aromatic nitrogens is 3. The molecule has 2 aliphatic heterocycles. The maximum absolute atomic E-state index is 11.6. The van der Waals surface area contributed by atoms with Gasteiger partial charge in [-0.05, 0) is 49.7 Å². The van der Waals surface area contributed by atoms with Crippen LogP contribution in [0.4, 0.5) is 0 Å². The quantitative estimate of drug-likeness (QED) is 0.687. The van der Waals surface area contributed by atoms with Crippen LogP contribution in [0.25, 0.3) is 10.9 Å². The molecular formula is C22H23ClN4O2. The van der Waals surface area contributed by atoms with E-state index in [0.29, 0.717) is 18.6 Å². The highest BCUT2D eigenvalue weighted by Crippen LogP contribution is 2.47. The van der Waals surface area contributed by atoms with Gasteiger partial charge in [0.25, 0.3) is 0 Å². The van der Waals surface area contributed by atoms with E-state index in [0.717, 1.165) is 29.1 Å². The first-order valence-electron chi connectivity index (χ1n) is 10.0. The lowest BCUT2D eigenvalue weighted by atomic mass is 9.97. The van der Waals surface area contributed by atoms with E-state index >= 15 is 0 Å². The smallest absolute Gasteiger partial charge is 0.304 e. The highest BCUT2D eigenvalue weighted by Gasteiger charge is 2.41. The Morgan fingerprint density at radius 1 is 1.34 bits per heavy atom. The Kier molecular flexibility index (Phi) is 4.56. The number of rotatable bonds is 5. The van der Waals surface area contributed by atoms with Crippen LogP contribution in [0.1, 0.15) is 48.2 Å². The molecule has 0 radical (unpaired) electrons. The van der Waals surface area contributed by atoms with Crippen molar-refractivity contribution >= 4 is 28.5 Å². The van der Waals surface area contributed by atoms with Gasteiger partial charge in [0.1, 0.15) is 6.33 Å². The van der Waals surface area contributed by atoms with Crippen LogP contribution in [0.3, 0.4) is 0 Å². The van der Waals surface area contributed by atoms with E-state index in [1.165, 1.54) is 29.4 Å². The van der Waals surface area contributed by atoms with Crippen molar-refractivity contribution in [2.75, 3.05) is 7.05 Å². The van der Waals surface area contributed by atoms with Gasteiger partial charge in [0.2, 0.25) is 0 Å². The molecule has 4 heterocycles. The Bertz CT molecular complexity index is 1080. The molecule has 7 heteroatoms. The van der Waals surface area contributed by atoms with Crippen molar-refractivity contribution in [1.82, 2.24) is 19.4 Å². The summed E-state index contributed by atoms with van der Waals surface area (Å²) in [4.78, 5) is 22.4. The monoisotopic (exact) mass is 410 g/mol. The first-order chi connectivity index (χ1) is 14.0. The van der Waals surface area contributed by atoms with Crippen molar-refractivity contribution in [2.24, 2.45) is 0 Å². The Labute approximate surface area is 174 Å². The van der Waals surface area contributed by atoms with Crippen molar-refractivity contribution in [1.29, 1.82) is 0 Å². The van der Waals surface area contributed by atoms with Gasteiger partial charge < -0.3 is 9.67 Å². The fourth-order valence-corrected chi connectivity index (χ4v) is 5.44. The van der Waals surface area contributed by atoms with E-state index in [2.05, 4.69) is 38.6 Å². The number of carboxylic acid groups (broad SMARTS) is 1. The Balaban J connectivity index is 1.65. The third-order valence-electron chi connectivity index (χ3n) is 6.63. The first kappa shape index (κ1) is 18.6. The number of hydrogen-bond acceptors (Lipinski definition) is 4.